The minimum absolute atomic E-state index is 0.0606. The number of aliphatic carboxylic acids is 1. The van der Waals surface area contributed by atoms with Gasteiger partial charge in [-0.25, -0.2) is 0 Å². The molecule has 1 aromatic heterocycles. The predicted molar refractivity (Wildman–Crippen MR) is 93.1 cm³/mol. The van der Waals surface area contributed by atoms with Gasteiger partial charge in [0.25, 0.3) is 5.91 Å². The maximum Gasteiger partial charge on any atom is 0.308 e. The first-order valence-electron chi connectivity index (χ1n) is 7.74. The number of para-hydroxylation sites is 1. The molecule has 6 nitrogen and oxygen atoms in total. The van der Waals surface area contributed by atoms with Crippen LogP contribution in [0.4, 0.5) is 0 Å². The monoisotopic (exact) mass is 392 g/mol. The maximum atomic E-state index is 13.0. The number of piperidine rings is 1. The van der Waals surface area contributed by atoms with Gasteiger partial charge in [0, 0.05) is 28.5 Å². The molecule has 2 unspecified atom stereocenters. The van der Waals surface area contributed by atoms with Crippen molar-refractivity contribution in [2.75, 3.05) is 6.54 Å². The molecular formula is C17H17BrN2O4. The number of amides is 1. The topological polar surface area (TPSA) is 90.5 Å². The molecule has 0 spiro atoms. The van der Waals surface area contributed by atoms with Crippen LogP contribution in [0.3, 0.4) is 0 Å². The van der Waals surface area contributed by atoms with Gasteiger partial charge < -0.3 is 15.0 Å². The lowest BCUT2D eigenvalue weighted by atomic mass is 9.92. The van der Waals surface area contributed by atoms with E-state index in [-0.39, 0.29) is 24.1 Å². The van der Waals surface area contributed by atoms with E-state index >= 15 is 0 Å². The fourth-order valence-electron chi connectivity index (χ4n) is 3.17. The van der Waals surface area contributed by atoms with E-state index in [4.69, 9.17) is 0 Å². The second-order valence-electron chi connectivity index (χ2n) is 6.13. The zero-order valence-electron chi connectivity index (χ0n) is 13.1. The van der Waals surface area contributed by atoms with Crippen LogP contribution in [0.15, 0.2) is 33.5 Å². The van der Waals surface area contributed by atoms with Crippen molar-refractivity contribution in [2.45, 2.75) is 25.8 Å². The van der Waals surface area contributed by atoms with E-state index < -0.39 is 11.9 Å². The third-order valence-electron chi connectivity index (χ3n) is 4.55. The number of halogens is 1. The average molecular weight is 393 g/mol. The highest BCUT2D eigenvalue weighted by Gasteiger charge is 2.33. The van der Waals surface area contributed by atoms with Gasteiger partial charge in [-0.1, -0.05) is 12.1 Å². The Kier molecular flexibility index (Phi) is 4.45. The summed E-state index contributed by atoms with van der Waals surface area (Å²) < 4.78 is 0.696. The van der Waals surface area contributed by atoms with Gasteiger partial charge in [0.15, 0.2) is 0 Å². The summed E-state index contributed by atoms with van der Waals surface area (Å²) in [6, 6.07) is 6.58. The Balaban J connectivity index is 2.06. The Morgan fingerprint density at radius 1 is 1.33 bits per heavy atom. The van der Waals surface area contributed by atoms with Crippen molar-refractivity contribution in [1.29, 1.82) is 0 Å². The van der Waals surface area contributed by atoms with Gasteiger partial charge in [-0.05, 0) is 41.8 Å². The number of aromatic nitrogens is 1. The molecule has 2 heterocycles. The normalized spacial score (nSPS) is 21.0. The quantitative estimate of drug-likeness (QED) is 0.821. The lowest BCUT2D eigenvalue weighted by molar-refractivity contribution is -0.143. The largest absolute Gasteiger partial charge is 0.481 e. The number of carbonyl (C=O) groups is 2. The second-order valence-corrected chi connectivity index (χ2v) is 6.98. The van der Waals surface area contributed by atoms with Crippen molar-refractivity contribution < 1.29 is 14.7 Å². The highest BCUT2D eigenvalue weighted by molar-refractivity contribution is 9.10. The minimum atomic E-state index is -0.891. The first-order chi connectivity index (χ1) is 11.4. The summed E-state index contributed by atoms with van der Waals surface area (Å²) in [7, 11) is 0. The SMILES string of the molecule is CC1CCC(C(=O)O)CN1C(=O)c1cc(=O)[nH]c2c(Br)cccc12. The van der Waals surface area contributed by atoms with E-state index in [1.54, 1.807) is 23.1 Å². The molecule has 0 saturated carbocycles. The van der Waals surface area contributed by atoms with Crippen molar-refractivity contribution in [2.24, 2.45) is 5.92 Å². The molecule has 0 radical (unpaired) electrons. The molecule has 1 saturated heterocycles. The van der Waals surface area contributed by atoms with Gasteiger partial charge in [0.1, 0.15) is 0 Å². The van der Waals surface area contributed by atoms with Crippen LogP contribution in [0.2, 0.25) is 0 Å². The summed E-state index contributed by atoms with van der Waals surface area (Å²) in [5, 5.41) is 9.89. The van der Waals surface area contributed by atoms with Crippen molar-refractivity contribution in [3.05, 3.63) is 44.7 Å². The molecule has 3 rings (SSSR count). The number of H-pyrrole nitrogens is 1. The van der Waals surface area contributed by atoms with Crippen LogP contribution in [-0.2, 0) is 4.79 Å². The Hall–Kier alpha value is -2.15. The number of benzene rings is 1. The highest BCUT2D eigenvalue weighted by Crippen LogP contribution is 2.27. The molecule has 0 bridgehead atoms. The van der Waals surface area contributed by atoms with Crippen molar-refractivity contribution in [3.8, 4) is 0 Å². The summed E-state index contributed by atoms with van der Waals surface area (Å²) in [5.74, 6) is -1.76. The van der Waals surface area contributed by atoms with Gasteiger partial charge in [-0.2, -0.15) is 0 Å². The highest BCUT2D eigenvalue weighted by atomic mass is 79.9. The molecule has 24 heavy (non-hydrogen) atoms. The number of pyridine rings is 1. The third kappa shape index (κ3) is 2.96. The van der Waals surface area contributed by atoms with Crippen molar-refractivity contribution >= 4 is 38.7 Å². The molecule has 7 heteroatoms. The molecule has 1 aliphatic heterocycles. The van der Waals surface area contributed by atoms with E-state index in [0.717, 1.165) is 0 Å². The first kappa shape index (κ1) is 16.7. The number of fused-ring (bicyclic) bond motifs is 1. The molecular weight excluding hydrogens is 376 g/mol. The molecule has 0 aliphatic carbocycles. The van der Waals surface area contributed by atoms with Crippen LogP contribution in [0.25, 0.3) is 10.9 Å². The van der Waals surface area contributed by atoms with E-state index in [1.807, 2.05) is 6.92 Å². The number of hydrogen-bond acceptors (Lipinski definition) is 3. The van der Waals surface area contributed by atoms with Crippen LogP contribution in [0.5, 0.6) is 0 Å². The van der Waals surface area contributed by atoms with Crippen LogP contribution in [-0.4, -0.2) is 39.5 Å². The molecule has 126 valence electrons. The minimum Gasteiger partial charge on any atom is -0.481 e. The lowest BCUT2D eigenvalue weighted by Gasteiger charge is -2.36. The standard InChI is InChI=1S/C17H17BrN2O4/c1-9-5-6-10(17(23)24)8-20(9)16(22)12-7-14(21)19-15-11(12)3-2-4-13(15)18/h2-4,7,9-10H,5-6,8H2,1H3,(H,19,21)(H,23,24). The summed E-state index contributed by atoms with van der Waals surface area (Å²) in [6.45, 7) is 2.07. The number of carboxylic acids is 1. The molecule has 1 aromatic carbocycles. The number of aromatic amines is 1. The third-order valence-corrected chi connectivity index (χ3v) is 5.21. The number of carboxylic acid groups (broad SMARTS) is 1. The summed E-state index contributed by atoms with van der Waals surface area (Å²) in [5.41, 5.74) is 0.498. The fraction of sp³-hybridized carbons (Fsp3) is 0.353. The van der Waals surface area contributed by atoms with E-state index in [0.29, 0.717) is 33.8 Å². The van der Waals surface area contributed by atoms with Crippen molar-refractivity contribution in [3.63, 3.8) is 0 Å². The number of rotatable bonds is 2. The average Bonchev–Trinajstić information content (AvgIpc) is 2.54. The zero-order chi connectivity index (χ0) is 17.4. The van der Waals surface area contributed by atoms with E-state index in [1.165, 1.54) is 6.07 Å². The number of nitrogens with zero attached hydrogens (tertiary/aromatic N) is 1. The van der Waals surface area contributed by atoms with Crippen LogP contribution in [0.1, 0.15) is 30.1 Å². The summed E-state index contributed by atoms with van der Waals surface area (Å²) in [4.78, 5) is 40.5. The molecule has 1 fully saturated rings. The Morgan fingerprint density at radius 2 is 2.08 bits per heavy atom. The Morgan fingerprint density at radius 3 is 2.79 bits per heavy atom. The predicted octanol–water partition coefficient (Wildman–Crippen LogP) is 2.62. The first-order valence-corrected chi connectivity index (χ1v) is 8.53. The Labute approximate surface area is 146 Å². The number of carbonyl (C=O) groups excluding carboxylic acids is 1. The van der Waals surface area contributed by atoms with Gasteiger partial charge in [-0.3, -0.25) is 14.4 Å². The summed E-state index contributed by atoms with van der Waals surface area (Å²) >= 11 is 3.38. The maximum absolute atomic E-state index is 13.0. The molecule has 2 atom stereocenters. The van der Waals surface area contributed by atoms with Crippen molar-refractivity contribution in [1.82, 2.24) is 9.88 Å². The van der Waals surface area contributed by atoms with Gasteiger partial charge in [0.2, 0.25) is 5.56 Å². The lowest BCUT2D eigenvalue weighted by Crippen LogP contribution is -2.47. The number of likely N-dealkylation sites (tertiary alicyclic amines) is 1. The van der Waals surface area contributed by atoms with Crippen LogP contribution in [0, 0.1) is 5.92 Å². The smallest absolute Gasteiger partial charge is 0.308 e. The molecule has 2 N–H and O–H groups in total. The van der Waals surface area contributed by atoms with E-state index in [2.05, 4.69) is 20.9 Å². The summed E-state index contributed by atoms with van der Waals surface area (Å²) in [6.07, 6.45) is 1.19. The molecule has 2 aromatic rings. The van der Waals surface area contributed by atoms with Gasteiger partial charge >= 0.3 is 5.97 Å². The molecule has 1 amide bonds. The fourth-order valence-corrected chi connectivity index (χ4v) is 3.63. The second kappa shape index (κ2) is 6.39. The van der Waals surface area contributed by atoms with Gasteiger partial charge in [0.05, 0.1) is 17.0 Å². The van der Waals surface area contributed by atoms with E-state index in [9.17, 15) is 19.5 Å². The zero-order valence-corrected chi connectivity index (χ0v) is 14.7. The Bertz CT molecular complexity index is 877. The number of hydrogen-bond donors (Lipinski definition) is 2. The van der Waals surface area contributed by atoms with Crippen LogP contribution >= 0.6 is 15.9 Å². The van der Waals surface area contributed by atoms with Gasteiger partial charge in [-0.15, -0.1) is 0 Å². The number of nitrogens with one attached hydrogen (secondary N) is 1. The molecule has 1 aliphatic rings. The van der Waals surface area contributed by atoms with Crippen LogP contribution < -0.4 is 5.56 Å².